The van der Waals surface area contributed by atoms with Gasteiger partial charge in [0.05, 0.1) is 19.8 Å². The summed E-state index contributed by atoms with van der Waals surface area (Å²) in [6, 6.07) is 18.4. The molecule has 0 bridgehead atoms. The number of fused-ring (bicyclic) bond motifs is 3. The highest BCUT2D eigenvalue weighted by Crippen LogP contribution is 2.44. The van der Waals surface area contributed by atoms with Gasteiger partial charge in [0, 0.05) is 31.6 Å². The van der Waals surface area contributed by atoms with E-state index < -0.39 is 59.8 Å². The summed E-state index contributed by atoms with van der Waals surface area (Å²) < 4.78 is 11.2. The van der Waals surface area contributed by atoms with Gasteiger partial charge >= 0.3 is 12.1 Å². The molecule has 16 nitrogen and oxygen atoms in total. The molecular formula is C40H51N7O9. The fraction of sp³-hybridized carbons (Fsp3) is 0.400. The Hall–Kier alpha value is -6.00. The van der Waals surface area contributed by atoms with Crippen LogP contribution in [0.3, 0.4) is 0 Å². The van der Waals surface area contributed by atoms with E-state index in [-0.39, 0.29) is 51.9 Å². The molecule has 9 N–H and O–H groups in total. The number of nitrogens with two attached hydrogens (primary N) is 1. The Morgan fingerprint density at radius 2 is 1.41 bits per heavy atom. The van der Waals surface area contributed by atoms with Crippen molar-refractivity contribution >= 4 is 41.4 Å². The first kappa shape index (κ1) is 42.7. The summed E-state index contributed by atoms with van der Waals surface area (Å²) in [5.74, 6) is -2.94. The number of primary amides is 1. The fourth-order valence-corrected chi connectivity index (χ4v) is 6.26. The van der Waals surface area contributed by atoms with Crippen LogP contribution in [0.25, 0.3) is 11.1 Å². The third-order valence-corrected chi connectivity index (χ3v) is 9.09. The topological polar surface area (TPSA) is 239 Å². The van der Waals surface area contributed by atoms with Crippen LogP contribution in [0.4, 0.5) is 15.3 Å². The average molecular weight is 774 g/mol. The molecule has 3 atom stereocenters. The Morgan fingerprint density at radius 3 is 2.00 bits per heavy atom. The molecule has 0 saturated heterocycles. The number of nitrogens with one attached hydrogen (secondary N) is 6. The molecule has 56 heavy (non-hydrogen) atoms. The van der Waals surface area contributed by atoms with Crippen LogP contribution >= 0.6 is 0 Å². The number of aliphatic hydroxyl groups is 1. The van der Waals surface area contributed by atoms with Crippen LogP contribution in [-0.2, 0) is 35.3 Å². The van der Waals surface area contributed by atoms with Crippen molar-refractivity contribution in [2.75, 3.05) is 38.2 Å². The number of amides is 7. The van der Waals surface area contributed by atoms with Crippen LogP contribution < -0.4 is 37.6 Å². The van der Waals surface area contributed by atoms with E-state index in [1.807, 2.05) is 48.5 Å². The van der Waals surface area contributed by atoms with E-state index in [4.69, 9.17) is 15.2 Å². The van der Waals surface area contributed by atoms with Gasteiger partial charge in [-0.15, -0.1) is 0 Å². The first-order valence-corrected chi connectivity index (χ1v) is 18.5. The standard InChI is InChI=1S/C40H51N7O9/c1-24(2)35(38(52)46-33(13-8-18-42-39(41)53)36(50)45-27-16-14-26(21-48)15-17-27)47-37(51)34(44-25(3)49)23-55-20-19-43-40(54)56-22-32-30-11-6-4-9-28(30)29-10-5-7-12-31(29)32/h4-7,9-12,14-17,24,32-35,48H,8,13,18-23H2,1-3H3,(H,43,54)(H,44,49)(H,45,50)(H,46,52)(H,47,51)(H3,41,42,53)/t33-,34-,35-/m0/s1. The lowest BCUT2D eigenvalue weighted by molar-refractivity contribution is -0.134. The number of benzene rings is 3. The predicted molar refractivity (Wildman–Crippen MR) is 208 cm³/mol. The van der Waals surface area contributed by atoms with E-state index in [0.29, 0.717) is 17.7 Å². The second-order valence-electron chi connectivity index (χ2n) is 13.6. The molecule has 4 rings (SSSR count). The number of urea groups is 1. The zero-order valence-corrected chi connectivity index (χ0v) is 31.8. The molecule has 16 heteroatoms. The van der Waals surface area contributed by atoms with Crippen molar-refractivity contribution in [3.05, 3.63) is 89.5 Å². The molecule has 3 aromatic rings. The van der Waals surface area contributed by atoms with Crippen LogP contribution in [0.2, 0.25) is 0 Å². The minimum Gasteiger partial charge on any atom is -0.449 e. The summed E-state index contributed by atoms with van der Waals surface area (Å²) in [6.07, 6.45) is -0.215. The Bertz CT molecular complexity index is 1790. The Kier molecular flexibility index (Phi) is 16.2. The predicted octanol–water partition coefficient (Wildman–Crippen LogP) is 2.25. The largest absolute Gasteiger partial charge is 0.449 e. The Labute approximate surface area is 325 Å². The van der Waals surface area contributed by atoms with Crippen LogP contribution in [0, 0.1) is 5.92 Å². The van der Waals surface area contributed by atoms with Gasteiger partial charge in [0.25, 0.3) is 0 Å². The van der Waals surface area contributed by atoms with Crippen molar-refractivity contribution in [2.45, 2.75) is 64.3 Å². The van der Waals surface area contributed by atoms with Crippen LogP contribution in [-0.4, -0.2) is 91.9 Å². The molecule has 3 aromatic carbocycles. The molecule has 0 saturated carbocycles. The van der Waals surface area contributed by atoms with Gasteiger partial charge in [-0.1, -0.05) is 74.5 Å². The number of hydrogen-bond donors (Lipinski definition) is 8. The van der Waals surface area contributed by atoms with E-state index in [0.717, 1.165) is 22.3 Å². The quantitative estimate of drug-likeness (QED) is 0.0785. The van der Waals surface area contributed by atoms with Gasteiger partial charge < -0.3 is 52.2 Å². The second kappa shape index (κ2) is 21.2. The summed E-state index contributed by atoms with van der Waals surface area (Å²) >= 11 is 0. The first-order valence-electron chi connectivity index (χ1n) is 18.5. The highest BCUT2D eigenvalue weighted by Gasteiger charge is 2.32. The summed E-state index contributed by atoms with van der Waals surface area (Å²) in [4.78, 5) is 76.0. The molecule has 1 aliphatic rings. The van der Waals surface area contributed by atoms with Crippen LogP contribution in [0.5, 0.6) is 0 Å². The average Bonchev–Trinajstić information content (AvgIpc) is 3.49. The number of ether oxygens (including phenoxy) is 2. The Balaban J connectivity index is 1.28. The highest BCUT2D eigenvalue weighted by atomic mass is 16.5. The number of alkyl carbamates (subject to hydrolysis) is 1. The van der Waals surface area contributed by atoms with Crippen molar-refractivity contribution < 1.29 is 43.3 Å². The highest BCUT2D eigenvalue weighted by molar-refractivity contribution is 5.99. The number of hydrogen-bond acceptors (Lipinski definition) is 9. The van der Waals surface area contributed by atoms with Crippen LogP contribution in [0.15, 0.2) is 72.8 Å². The molecule has 1 aliphatic carbocycles. The van der Waals surface area contributed by atoms with Gasteiger partial charge in [0.2, 0.25) is 23.6 Å². The molecular weight excluding hydrogens is 722 g/mol. The van der Waals surface area contributed by atoms with Crippen molar-refractivity contribution in [1.29, 1.82) is 0 Å². The normalized spacial score (nSPS) is 13.3. The van der Waals surface area contributed by atoms with Gasteiger partial charge in [-0.05, 0) is 58.7 Å². The lowest BCUT2D eigenvalue weighted by atomic mass is 9.98. The monoisotopic (exact) mass is 773 g/mol. The fourth-order valence-electron chi connectivity index (χ4n) is 6.26. The molecule has 0 aromatic heterocycles. The van der Waals surface area contributed by atoms with E-state index in [1.165, 1.54) is 6.92 Å². The van der Waals surface area contributed by atoms with Gasteiger partial charge in [0.1, 0.15) is 24.7 Å². The van der Waals surface area contributed by atoms with Gasteiger partial charge in [-0.2, -0.15) is 0 Å². The summed E-state index contributed by atoms with van der Waals surface area (Å²) in [7, 11) is 0. The second-order valence-corrected chi connectivity index (χ2v) is 13.6. The van der Waals surface area contributed by atoms with Crippen molar-refractivity contribution in [1.82, 2.24) is 26.6 Å². The smallest absolute Gasteiger partial charge is 0.407 e. The first-order chi connectivity index (χ1) is 26.9. The zero-order chi connectivity index (χ0) is 40.6. The maximum Gasteiger partial charge on any atom is 0.407 e. The summed E-state index contributed by atoms with van der Waals surface area (Å²) in [5, 5.41) is 25.0. The lowest BCUT2D eigenvalue weighted by Gasteiger charge is -2.27. The van der Waals surface area contributed by atoms with Gasteiger partial charge in [-0.3, -0.25) is 19.2 Å². The van der Waals surface area contributed by atoms with Crippen molar-refractivity contribution in [3.8, 4) is 11.1 Å². The van der Waals surface area contributed by atoms with Gasteiger partial charge in [-0.25, -0.2) is 9.59 Å². The number of aliphatic hydroxyl groups excluding tert-OH is 1. The number of carbonyl (C=O) groups is 6. The zero-order valence-electron chi connectivity index (χ0n) is 31.8. The molecule has 0 spiro atoms. The van der Waals surface area contributed by atoms with E-state index >= 15 is 0 Å². The van der Waals surface area contributed by atoms with E-state index in [1.54, 1.807) is 38.1 Å². The minimum absolute atomic E-state index is 0.00815. The third-order valence-electron chi connectivity index (χ3n) is 9.09. The molecule has 0 fully saturated rings. The van der Waals surface area contributed by atoms with Gasteiger partial charge in [0.15, 0.2) is 0 Å². The Morgan fingerprint density at radius 1 is 0.768 bits per heavy atom. The number of anilines is 1. The molecule has 0 aliphatic heterocycles. The molecule has 7 amide bonds. The lowest BCUT2D eigenvalue weighted by Crippen LogP contribution is -2.58. The maximum atomic E-state index is 13.6. The molecule has 0 heterocycles. The number of carbonyl (C=O) groups excluding carboxylic acids is 6. The third kappa shape index (κ3) is 12.5. The van der Waals surface area contributed by atoms with Crippen molar-refractivity contribution in [3.63, 3.8) is 0 Å². The molecule has 0 unspecified atom stereocenters. The maximum absolute atomic E-state index is 13.6. The van der Waals surface area contributed by atoms with Crippen molar-refractivity contribution in [2.24, 2.45) is 11.7 Å². The van der Waals surface area contributed by atoms with Crippen LogP contribution in [0.1, 0.15) is 56.2 Å². The van der Waals surface area contributed by atoms with E-state index in [2.05, 4.69) is 31.9 Å². The summed E-state index contributed by atoms with van der Waals surface area (Å²) in [6.45, 7) is 4.57. The van der Waals surface area contributed by atoms with E-state index in [9.17, 15) is 33.9 Å². The molecule has 0 radical (unpaired) electrons. The SMILES string of the molecule is CC(=O)N[C@@H](COCCNC(=O)OCC1c2ccccc2-c2ccccc21)C(=O)N[C@H](C(=O)N[C@@H](CCCNC(N)=O)C(=O)Nc1ccc(CO)cc1)C(C)C. The number of rotatable bonds is 20. The minimum atomic E-state index is -1.18. The molecule has 300 valence electrons. The summed E-state index contributed by atoms with van der Waals surface area (Å²) in [5.41, 5.74) is 10.6.